The zero-order valence-corrected chi connectivity index (χ0v) is 20.5. The first-order valence-corrected chi connectivity index (χ1v) is 12.7. The molecule has 3 heterocycles. The van der Waals surface area contributed by atoms with Crippen LogP contribution < -0.4 is 10.9 Å². The van der Waals surface area contributed by atoms with Crippen LogP contribution >= 0.6 is 0 Å². The molecule has 2 aliphatic rings. The van der Waals surface area contributed by atoms with E-state index in [9.17, 15) is 9.59 Å². The average molecular weight is 461 g/mol. The van der Waals surface area contributed by atoms with Crippen molar-refractivity contribution in [1.82, 2.24) is 19.4 Å². The van der Waals surface area contributed by atoms with Gasteiger partial charge in [0.25, 0.3) is 5.56 Å². The van der Waals surface area contributed by atoms with Gasteiger partial charge in [-0.15, -0.1) is 0 Å². The SMILES string of the molecule is CC(C)Cn1cc(CN(C(=O)C2CNCC[C@@H]2c2ccn(C)c(=O)c2)C2CC2)c2ccccc21. The van der Waals surface area contributed by atoms with Crippen LogP contribution in [0.2, 0.25) is 0 Å². The van der Waals surface area contributed by atoms with Crippen molar-refractivity contribution in [1.29, 1.82) is 0 Å². The Morgan fingerprint density at radius 1 is 1.18 bits per heavy atom. The van der Waals surface area contributed by atoms with Gasteiger partial charge in [0.1, 0.15) is 0 Å². The molecule has 1 unspecified atom stereocenters. The summed E-state index contributed by atoms with van der Waals surface area (Å²) in [6.45, 7) is 7.63. The first-order valence-electron chi connectivity index (χ1n) is 12.7. The van der Waals surface area contributed by atoms with Gasteiger partial charge < -0.3 is 19.4 Å². The Morgan fingerprint density at radius 3 is 2.71 bits per heavy atom. The van der Waals surface area contributed by atoms with E-state index in [1.807, 2.05) is 12.3 Å². The van der Waals surface area contributed by atoms with Crippen LogP contribution in [0.5, 0.6) is 0 Å². The van der Waals surface area contributed by atoms with E-state index in [2.05, 4.69) is 59.1 Å². The first kappa shape index (κ1) is 22.9. The van der Waals surface area contributed by atoms with E-state index in [0.29, 0.717) is 25.0 Å². The van der Waals surface area contributed by atoms with Crippen LogP contribution in [0.25, 0.3) is 10.9 Å². The molecule has 2 fully saturated rings. The summed E-state index contributed by atoms with van der Waals surface area (Å²) in [6, 6.07) is 12.6. The zero-order valence-electron chi connectivity index (χ0n) is 20.5. The lowest BCUT2D eigenvalue weighted by Crippen LogP contribution is -2.47. The molecule has 2 aromatic heterocycles. The molecule has 34 heavy (non-hydrogen) atoms. The maximum absolute atomic E-state index is 14.0. The van der Waals surface area contributed by atoms with Crippen molar-refractivity contribution >= 4 is 16.8 Å². The molecule has 0 radical (unpaired) electrons. The fourth-order valence-electron chi connectivity index (χ4n) is 5.47. The number of nitrogens with one attached hydrogen (secondary N) is 1. The molecule has 5 rings (SSSR count). The van der Waals surface area contributed by atoms with Crippen LogP contribution in [0.15, 0.2) is 53.6 Å². The number of para-hydroxylation sites is 1. The van der Waals surface area contributed by atoms with Gasteiger partial charge in [-0.3, -0.25) is 9.59 Å². The number of pyridine rings is 1. The summed E-state index contributed by atoms with van der Waals surface area (Å²) in [7, 11) is 1.77. The van der Waals surface area contributed by atoms with E-state index < -0.39 is 0 Å². The average Bonchev–Trinajstić information content (AvgIpc) is 3.62. The van der Waals surface area contributed by atoms with Crippen molar-refractivity contribution in [2.24, 2.45) is 18.9 Å². The summed E-state index contributed by atoms with van der Waals surface area (Å²) < 4.78 is 3.93. The van der Waals surface area contributed by atoms with Gasteiger partial charge in [0, 0.05) is 62.1 Å². The lowest BCUT2D eigenvalue weighted by Gasteiger charge is -2.35. The van der Waals surface area contributed by atoms with E-state index in [4.69, 9.17) is 0 Å². The van der Waals surface area contributed by atoms with Gasteiger partial charge in [0.15, 0.2) is 0 Å². The zero-order chi connectivity index (χ0) is 23.8. The summed E-state index contributed by atoms with van der Waals surface area (Å²) in [6.07, 6.45) is 7.10. The number of aryl methyl sites for hydroxylation is 1. The van der Waals surface area contributed by atoms with Crippen LogP contribution in [0.3, 0.4) is 0 Å². The Bertz CT molecular complexity index is 1240. The predicted molar refractivity (Wildman–Crippen MR) is 136 cm³/mol. The fraction of sp³-hybridized carbons (Fsp3) is 0.500. The topological polar surface area (TPSA) is 59.3 Å². The number of hydrogen-bond acceptors (Lipinski definition) is 3. The number of aromatic nitrogens is 2. The number of nitrogens with zero attached hydrogens (tertiary/aromatic N) is 3. The third kappa shape index (κ3) is 4.56. The molecule has 1 N–H and O–H groups in total. The van der Waals surface area contributed by atoms with Crippen LogP contribution in [-0.4, -0.2) is 39.1 Å². The number of piperidine rings is 1. The molecule has 0 spiro atoms. The van der Waals surface area contributed by atoms with E-state index in [1.54, 1.807) is 17.7 Å². The van der Waals surface area contributed by atoms with E-state index in [-0.39, 0.29) is 23.3 Å². The molecule has 1 aliphatic heterocycles. The highest BCUT2D eigenvalue weighted by atomic mass is 16.2. The lowest BCUT2D eigenvalue weighted by atomic mass is 9.80. The minimum Gasteiger partial charge on any atom is -0.347 e. The van der Waals surface area contributed by atoms with Gasteiger partial charge in [0.2, 0.25) is 5.91 Å². The summed E-state index contributed by atoms with van der Waals surface area (Å²) in [5.41, 5.74) is 3.45. The molecule has 3 aromatic rings. The minimum atomic E-state index is -0.148. The Morgan fingerprint density at radius 2 is 1.97 bits per heavy atom. The standard InChI is InChI=1S/C28H36N4O2/c1-19(2)16-31-17-21(24-6-4-5-7-26(24)31)18-32(22-8-9-22)28(34)25-15-29-12-10-23(25)20-11-13-30(3)27(33)14-20/h4-7,11,13-14,17,19,22-23,25,29H,8-10,12,15-16,18H2,1-3H3/t23-,25?/m1/s1. The number of hydrogen-bond donors (Lipinski definition) is 1. The van der Waals surface area contributed by atoms with E-state index >= 15 is 0 Å². The maximum Gasteiger partial charge on any atom is 0.250 e. The van der Waals surface area contributed by atoms with Gasteiger partial charge in [0.05, 0.1) is 5.92 Å². The third-order valence-electron chi connectivity index (χ3n) is 7.40. The number of carbonyl (C=O) groups is 1. The maximum atomic E-state index is 14.0. The van der Waals surface area contributed by atoms with Gasteiger partial charge >= 0.3 is 0 Å². The predicted octanol–water partition coefficient (Wildman–Crippen LogP) is 3.88. The van der Waals surface area contributed by atoms with Crippen LogP contribution in [0.1, 0.15) is 50.2 Å². The van der Waals surface area contributed by atoms with Crippen molar-refractivity contribution in [3.8, 4) is 0 Å². The molecule has 180 valence electrons. The highest BCUT2D eigenvalue weighted by Gasteiger charge is 2.40. The number of amides is 1. The summed E-state index contributed by atoms with van der Waals surface area (Å²) >= 11 is 0. The second-order valence-corrected chi connectivity index (χ2v) is 10.5. The molecule has 6 nitrogen and oxygen atoms in total. The van der Waals surface area contributed by atoms with E-state index in [1.165, 1.54) is 16.5 Å². The van der Waals surface area contributed by atoms with Gasteiger partial charge in [-0.2, -0.15) is 0 Å². The molecular formula is C28H36N4O2. The summed E-state index contributed by atoms with van der Waals surface area (Å²) in [4.78, 5) is 28.5. The smallest absolute Gasteiger partial charge is 0.250 e. The second-order valence-electron chi connectivity index (χ2n) is 10.5. The molecule has 1 saturated carbocycles. The molecule has 1 saturated heterocycles. The number of carbonyl (C=O) groups excluding carboxylic acids is 1. The van der Waals surface area contributed by atoms with Crippen molar-refractivity contribution in [2.75, 3.05) is 13.1 Å². The van der Waals surface area contributed by atoms with Gasteiger partial charge in [-0.1, -0.05) is 32.0 Å². The van der Waals surface area contributed by atoms with Crippen LogP contribution in [0, 0.1) is 11.8 Å². The quantitative estimate of drug-likeness (QED) is 0.582. The first-order chi connectivity index (χ1) is 16.4. The summed E-state index contributed by atoms with van der Waals surface area (Å²) in [5.74, 6) is 0.704. The van der Waals surface area contributed by atoms with E-state index in [0.717, 1.165) is 37.9 Å². The number of rotatable bonds is 7. The molecule has 1 aromatic carbocycles. The molecule has 2 atom stereocenters. The second kappa shape index (κ2) is 9.41. The van der Waals surface area contributed by atoms with Gasteiger partial charge in [-0.25, -0.2) is 0 Å². The third-order valence-corrected chi connectivity index (χ3v) is 7.40. The highest BCUT2D eigenvalue weighted by molar-refractivity contribution is 5.85. The molecule has 0 bridgehead atoms. The fourth-order valence-corrected chi connectivity index (χ4v) is 5.47. The van der Waals surface area contributed by atoms with Crippen molar-refractivity contribution < 1.29 is 4.79 Å². The molecular weight excluding hydrogens is 424 g/mol. The van der Waals surface area contributed by atoms with Crippen molar-refractivity contribution in [3.63, 3.8) is 0 Å². The Kier molecular flexibility index (Phi) is 6.34. The molecule has 6 heteroatoms. The summed E-state index contributed by atoms with van der Waals surface area (Å²) in [5, 5.41) is 4.68. The van der Waals surface area contributed by atoms with Crippen LogP contribution in [0.4, 0.5) is 0 Å². The Labute approximate surface area is 201 Å². The van der Waals surface area contributed by atoms with Crippen molar-refractivity contribution in [2.45, 2.75) is 58.2 Å². The largest absolute Gasteiger partial charge is 0.347 e. The highest BCUT2D eigenvalue weighted by Crippen LogP contribution is 2.36. The number of benzene rings is 1. The number of fused-ring (bicyclic) bond motifs is 1. The van der Waals surface area contributed by atoms with Crippen molar-refractivity contribution in [3.05, 3.63) is 70.3 Å². The Balaban J connectivity index is 1.45. The normalized spacial score (nSPS) is 20.7. The Hall–Kier alpha value is -2.86. The minimum absolute atomic E-state index is 0.0146. The van der Waals surface area contributed by atoms with Crippen LogP contribution in [-0.2, 0) is 24.9 Å². The van der Waals surface area contributed by atoms with Gasteiger partial charge in [-0.05, 0) is 60.9 Å². The molecule has 1 aliphatic carbocycles. The monoisotopic (exact) mass is 460 g/mol. The lowest BCUT2D eigenvalue weighted by molar-refractivity contribution is -0.138. The molecule has 1 amide bonds.